The second-order valence-electron chi connectivity index (χ2n) is 8.10. The molecular formula is C21H30FN5O2. The summed E-state index contributed by atoms with van der Waals surface area (Å²) in [4.78, 5) is 17.5. The molecule has 2 aromatic heterocycles. The lowest BCUT2D eigenvalue weighted by atomic mass is 9.88. The molecule has 7 nitrogen and oxygen atoms in total. The topological polar surface area (TPSA) is 81.1 Å². The molecule has 0 atom stereocenters. The number of rotatable bonds is 6. The molecule has 2 aromatic rings. The Balaban J connectivity index is 1.55. The number of amides is 1. The molecule has 0 unspecified atom stereocenters. The average molecular weight is 404 g/mol. The van der Waals surface area contributed by atoms with Gasteiger partial charge in [0.1, 0.15) is 6.17 Å². The van der Waals surface area contributed by atoms with Crippen molar-refractivity contribution in [3.05, 3.63) is 18.0 Å². The molecule has 8 heteroatoms. The number of aromatic nitrogens is 3. The lowest BCUT2D eigenvalue weighted by Gasteiger charge is -2.26. The van der Waals surface area contributed by atoms with E-state index in [9.17, 15) is 9.18 Å². The highest BCUT2D eigenvalue weighted by Gasteiger charge is 2.24. The van der Waals surface area contributed by atoms with Crippen LogP contribution >= 0.6 is 0 Å². The van der Waals surface area contributed by atoms with E-state index in [1.54, 1.807) is 12.4 Å². The van der Waals surface area contributed by atoms with Crippen LogP contribution in [-0.2, 0) is 11.3 Å². The maximum atomic E-state index is 13.4. The number of fused-ring (bicyclic) bond motifs is 1. The summed E-state index contributed by atoms with van der Waals surface area (Å²) in [5.74, 6) is 0.206. The molecule has 1 saturated carbocycles. The van der Waals surface area contributed by atoms with Crippen molar-refractivity contribution < 1.29 is 13.9 Å². The van der Waals surface area contributed by atoms with E-state index in [0.717, 1.165) is 62.2 Å². The monoisotopic (exact) mass is 403 g/mol. The van der Waals surface area contributed by atoms with Gasteiger partial charge in [0.2, 0.25) is 0 Å². The van der Waals surface area contributed by atoms with Crippen LogP contribution in [0.1, 0.15) is 55.8 Å². The number of carbonyl (C=O) groups excluding carboxylic acids is 1. The Morgan fingerprint density at radius 1 is 1.21 bits per heavy atom. The van der Waals surface area contributed by atoms with Crippen molar-refractivity contribution in [3.63, 3.8) is 0 Å². The van der Waals surface area contributed by atoms with Gasteiger partial charge in [0.25, 0.3) is 5.91 Å². The Morgan fingerprint density at radius 2 is 1.97 bits per heavy atom. The fraction of sp³-hybridized carbons (Fsp3) is 0.667. The first-order valence-corrected chi connectivity index (χ1v) is 10.8. The Morgan fingerprint density at radius 3 is 2.69 bits per heavy atom. The number of hydrogen-bond acceptors (Lipinski definition) is 5. The zero-order valence-electron chi connectivity index (χ0n) is 17.0. The molecule has 0 radical (unpaired) electrons. The minimum atomic E-state index is -0.682. The quantitative estimate of drug-likeness (QED) is 0.774. The molecule has 1 aliphatic carbocycles. The summed E-state index contributed by atoms with van der Waals surface area (Å²) in [5.41, 5.74) is 2.12. The van der Waals surface area contributed by atoms with E-state index >= 15 is 0 Å². The van der Waals surface area contributed by atoms with Crippen molar-refractivity contribution in [2.75, 3.05) is 25.1 Å². The van der Waals surface area contributed by atoms with Gasteiger partial charge in [-0.15, -0.1) is 0 Å². The van der Waals surface area contributed by atoms with Gasteiger partial charge in [-0.1, -0.05) is 0 Å². The fourth-order valence-electron chi connectivity index (χ4n) is 4.29. The molecule has 0 aromatic carbocycles. The van der Waals surface area contributed by atoms with Crippen LogP contribution in [0.25, 0.3) is 11.0 Å². The molecule has 0 bridgehead atoms. The molecule has 4 rings (SSSR count). The van der Waals surface area contributed by atoms with Crippen LogP contribution in [0.2, 0.25) is 0 Å². The zero-order valence-corrected chi connectivity index (χ0v) is 17.0. The Kier molecular flexibility index (Phi) is 6.28. The number of ether oxygens (including phenoxy) is 1. The standard InChI is InChI=1S/C21H30FN5O2/c1-2-27-20-17(13-25-27)19(26-16-7-9-29-10-8-16)18(12-23-20)21(28)24-11-14-3-5-15(22)6-4-14/h12-16H,2-11H2,1H3,(H,23,26)(H,24,28). The van der Waals surface area contributed by atoms with Crippen molar-refractivity contribution in [1.29, 1.82) is 0 Å². The number of carbonyl (C=O) groups is 1. The van der Waals surface area contributed by atoms with Gasteiger partial charge in [0.15, 0.2) is 5.65 Å². The van der Waals surface area contributed by atoms with Crippen LogP contribution in [-0.4, -0.2) is 52.6 Å². The Hall–Kier alpha value is -2.22. The van der Waals surface area contributed by atoms with E-state index < -0.39 is 6.17 Å². The van der Waals surface area contributed by atoms with E-state index in [1.165, 1.54) is 0 Å². The third kappa shape index (κ3) is 4.52. The molecule has 3 heterocycles. The highest BCUT2D eigenvalue weighted by molar-refractivity contribution is 6.06. The molecule has 2 N–H and O–H groups in total. The van der Waals surface area contributed by atoms with Gasteiger partial charge in [-0.2, -0.15) is 5.10 Å². The number of anilines is 1. The van der Waals surface area contributed by atoms with Crippen molar-refractivity contribution in [3.8, 4) is 0 Å². The van der Waals surface area contributed by atoms with Crippen molar-refractivity contribution in [2.24, 2.45) is 5.92 Å². The van der Waals surface area contributed by atoms with Gasteiger partial charge in [0.05, 0.1) is 22.8 Å². The second-order valence-corrected chi connectivity index (χ2v) is 8.10. The number of nitrogens with zero attached hydrogens (tertiary/aromatic N) is 3. The first-order chi connectivity index (χ1) is 14.2. The summed E-state index contributed by atoms with van der Waals surface area (Å²) >= 11 is 0. The number of alkyl halides is 1. The largest absolute Gasteiger partial charge is 0.381 e. The number of pyridine rings is 1. The SMILES string of the molecule is CCn1ncc2c(NC3CCOCC3)c(C(=O)NCC3CCC(F)CC3)cnc21. The second kappa shape index (κ2) is 9.07. The van der Waals surface area contributed by atoms with E-state index in [2.05, 4.69) is 20.7 Å². The lowest BCUT2D eigenvalue weighted by molar-refractivity contribution is 0.0903. The van der Waals surface area contributed by atoms with Crippen LogP contribution in [0.15, 0.2) is 12.4 Å². The number of halogens is 1. The summed E-state index contributed by atoms with van der Waals surface area (Å²) in [5, 5.41) is 11.9. The summed E-state index contributed by atoms with van der Waals surface area (Å²) < 4.78 is 20.7. The summed E-state index contributed by atoms with van der Waals surface area (Å²) in [6.07, 6.45) is 7.40. The minimum absolute atomic E-state index is 0.138. The number of aryl methyl sites for hydroxylation is 1. The van der Waals surface area contributed by atoms with E-state index in [-0.39, 0.29) is 11.9 Å². The number of nitrogens with one attached hydrogen (secondary N) is 2. The Bertz CT molecular complexity index is 841. The van der Waals surface area contributed by atoms with Crippen LogP contribution in [0.3, 0.4) is 0 Å². The van der Waals surface area contributed by atoms with Crippen molar-refractivity contribution >= 4 is 22.6 Å². The molecule has 2 fully saturated rings. The predicted molar refractivity (Wildman–Crippen MR) is 110 cm³/mol. The molecule has 158 valence electrons. The van der Waals surface area contributed by atoms with Gasteiger partial charge in [0, 0.05) is 38.5 Å². The number of hydrogen-bond donors (Lipinski definition) is 2. The van der Waals surface area contributed by atoms with Crippen molar-refractivity contribution in [1.82, 2.24) is 20.1 Å². The summed E-state index contributed by atoms with van der Waals surface area (Å²) in [6, 6.07) is 0.255. The summed E-state index contributed by atoms with van der Waals surface area (Å²) in [7, 11) is 0. The van der Waals surface area contributed by atoms with Crippen molar-refractivity contribution in [2.45, 2.75) is 64.2 Å². The molecule has 29 heavy (non-hydrogen) atoms. The first-order valence-electron chi connectivity index (χ1n) is 10.8. The summed E-state index contributed by atoms with van der Waals surface area (Å²) in [6.45, 7) is 4.76. The first kappa shape index (κ1) is 20.1. The van der Waals surface area contributed by atoms with Gasteiger partial charge >= 0.3 is 0 Å². The molecule has 1 amide bonds. The molecule has 1 saturated heterocycles. The molecular weight excluding hydrogens is 373 g/mol. The van der Waals surface area contributed by atoms with Gasteiger partial charge in [-0.3, -0.25) is 4.79 Å². The van der Waals surface area contributed by atoms with Gasteiger partial charge < -0.3 is 15.4 Å². The van der Waals surface area contributed by atoms with Crippen LogP contribution in [0.4, 0.5) is 10.1 Å². The minimum Gasteiger partial charge on any atom is -0.381 e. The fourth-order valence-corrected chi connectivity index (χ4v) is 4.29. The Labute approximate surface area is 170 Å². The predicted octanol–water partition coefficient (Wildman–Crippen LogP) is 3.30. The third-order valence-electron chi connectivity index (χ3n) is 6.11. The van der Waals surface area contributed by atoms with Gasteiger partial charge in [-0.05, 0) is 51.4 Å². The third-order valence-corrected chi connectivity index (χ3v) is 6.11. The molecule has 2 aliphatic rings. The maximum Gasteiger partial charge on any atom is 0.254 e. The normalized spacial score (nSPS) is 23.2. The highest BCUT2D eigenvalue weighted by atomic mass is 19.1. The molecule has 0 spiro atoms. The van der Waals surface area contributed by atoms with E-state index in [4.69, 9.17) is 4.74 Å². The van der Waals surface area contributed by atoms with Crippen LogP contribution in [0, 0.1) is 5.92 Å². The van der Waals surface area contributed by atoms with E-state index in [1.807, 2.05) is 11.6 Å². The maximum absolute atomic E-state index is 13.4. The average Bonchev–Trinajstić information content (AvgIpc) is 3.18. The zero-order chi connectivity index (χ0) is 20.2. The van der Waals surface area contributed by atoms with Gasteiger partial charge in [-0.25, -0.2) is 14.1 Å². The smallest absolute Gasteiger partial charge is 0.254 e. The highest BCUT2D eigenvalue weighted by Crippen LogP contribution is 2.29. The van der Waals surface area contributed by atoms with E-state index in [0.29, 0.717) is 30.9 Å². The molecule has 1 aliphatic heterocycles. The van der Waals surface area contributed by atoms with Crippen LogP contribution < -0.4 is 10.6 Å². The lowest BCUT2D eigenvalue weighted by Crippen LogP contribution is -2.33. The van der Waals surface area contributed by atoms with Crippen LogP contribution in [0.5, 0.6) is 0 Å².